The van der Waals surface area contributed by atoms with Crippen molar-refractivity contribution >= 4 is 18.3 Å². The Morgan fingerprint density at radius 2 is 2.00 bits per heavy atom. The van der Waals surface area contributed by atoms with Crippen LogP contribution in [0.25, 0.3) is 0 Å². The molecule has 0 spiro atoms. The maximum absolute atomic E-state index is 12.1. The summed E-state index contributed by atoms with van der Waals surface area (Å²) in [6.45, 7) is 4.56. The van der Waals surface area contributed by atoms with E-state index in [1.165, 1.54) is 30.4 Å². The Morgan fingerprint density at radius 3 is 2.67 bits per heavy atom. The molecule has 1 saturated carbocycles. The van der Waals surface area contributed by atoms with E-state index in [0.717, 1.165) is 19.4 Å². The average molecular weight is 355 g/mol. The lowest BCUT2D eigenvalue weighted by molar-refractivity contribution is -0.120. The molecule has 0 saturated heterocycles. The number of methoxy groups -OCH3 is 1. The highest BCUT2D eigenvalue weighted by molar-refractivity contribution is 5.85. The number of carbonyl (C=O) groups excluding carboxylic acids is 1. The topological polar surface area (TPSA) is 50.4 Å². The third kappa shape index (κ3) is 6.08. The summed E-state index contributed by atoms with van der Waals surface area (Å²) in [5, 5.41) is 6.24. The van der Waals surface area contributed by atoms with Crippen LogP contribution in [-0.2, 0) is 14.9 Å². The van der Waals surface area contributed by atoms with E-state index in [1.54, 1.807) is 7.11 Å². The largest absolute Gasteiger partial charge is 0.383 e. The minimum absolute atomic E-state index is 0. The Balaban J connectivity index is 0.00000288. The van der Waals surface area contributed by atoms with Crippen LogP contribution in [0.2, 0.25) is 0 Å². The van der Waals surface area contributed by atoms with E-state index in [0.29, 0.717) is 19.7 Å². The Morgan fingerprint density at radius 1 is 1.25 bits per heavy atom. The Kier molecular flexibility index (Phi) is 9.34. The number of carbonyl (C=O) groups is 1. The quantitative estimate of drug-likeness (QED) is 0.706. The zero-order chi connectivity index (χ0) is 16.5. The summed E-state index contributed by atoms with van der Waals surface area (Å²) >= 11 is 0. The first kappa shape index (κ1) is 20.9. The number of nitrogens with one attached hydrogen (secondary N) is 2. The van der Waals surface area contributed by atoms with Crippen LogP contribution in [0.1, 0.15) is 43.2 Å². The van der Waals surface area contributed by atoms with Crippen LogP contribution >= 0.6 is 12.4 Å². The van der Waals surface area contributed by atoms with Gasteiger partial charge in [0.1, 0.15) is 0 Å². The maximum atomic E-state index is 12.1. The molecule has 1 fully saturated rings. The van der Waals surface area contributed by atoms with Crippen LogP contribution in [0, 0.1) is 6.92 Å². The minimum atomic E-state index is 0. The van der Waals surface area contributed by atoms with Crippen molar-refractivity contribution in [2.75, 3.05) is 33.4 Å². The zero-order valence-corrected chi connectivity index (χ0v) is 15.7. The third-order valence-electron chi connectivity index (χ3n) is 4.83. The number of hydrogen-bond acceptors (Lipinski definition) is 3. The third-order valence-corrected chi connectivity index (χ3v) is 4.83. The SMILES string of the molecule is COCCNCC(=O)NCC1(c2cccc(C)c2)CCCCC1.Cl. The molecule has 5 heteroatoms. The maximum Gasteiger partial charge on any atom is 0.233 e. The molecule has 0 atom stereocenters. The van der Waals surface area contributed by atoms with Gasteiger partial charge in [-0.2, -0.15) is 0 Å². The molecule has 2 rings (SSSR count). The van der Waals surface area contributed by atoms with Gasteiger partial charge in [0.15, 0.2) is 0 Å². The molecule has 0 radical (unpaired) electrons. The van der Waals surface area contributed by atoms with Crippen molar-refractivity contribution in [3.8, 4) is 0 Å². The molecular formula is C19H31ClN2O2. The lowest BCUT2D eigenvalue weighted by atomic mass is 9.69. The second kappa shape index (κ2) is 10.7. The van der Waals surface area contributed by atoms with Crippen LogP contribution < -0.4 is 10.6 Å². The monoisotopic (exact) mass is 354 g/mol. The lowest BCUT2D eigenvalue weighted by Gasteiger charge is -2.38. The summed E-state index contributed by atoms with van der Waals surface area (Å²) < 4.78 is 4.97. The molecule has 1 aliphatic carbocycles. The molecule has 4 nitrogen and oxygen atoms in total. The number of aryl methyl sites for hydroxylation is 1. The Bertz CT molecular complexity index is 502. The number of benzene rings is 1. The van der Waals surface area contributed by atoms with Gasteiger partial charge in [0.25, 0.3) is 0 Å². The highest BCUT2D eigenvalue weighted by Crippen LogP contribution is 2.39. The van der Waals surface area contributed by atoms with E-state index in [9.17, 15) is 4.79 Å². The molecule has 2 N–H and O–H groups in total. The van der Waals surface area contributed by atoms with Crippen molar-refractivity contribution in [3.63, 3.8) is 0 Å². The molecule has 1 aromatic carbocycles. The van der Waals surface area contributed by atoms with E-state index < -0.39 is 0 Å². The van der Waals surface area contributed by atoms with Gasteiger partial charge in [-0.05, 0) is 25.3 Å². The fraction of sp³-hybridized carbons (Fsp3) is 0.632. The van der Waals surface area contributed by atoms with Gasteiger partial charge in [-0.15, -0.1) is 12.4 Å². The Hall–Kier alpha value is -1.10. The average Bonchev–Trinajstić information content (AvgIpc) is 2.58. The van der Waals surface area contributed by atoms with Crippen LogP contribution in [0.5, 0.6) is 0 Å². The van der Waals surface area contributed by atoms with Gasteiger partial charge in [-0.1, -0.05) is 49.1 Å². The molecule has 0 aromatic heterocycles. The highest BCUT2D eigenvalue weighted by atomic mass is 35.5. The molecule has 0 aliphatic heterocycles. The van der Waals surface area contributed by atoms with Gasteiger partial charge < -0.3 is 15.4 Å². The first-order chi connectivity index (χ1) is 11.2. The first-order valence-corrected chi connectivity index (χ1v) is 8.70. The highest BCUT2D eigenvalue weighted by Gasteiger charge is 2.34. The summed E-state index contributed by atoms with van der Waals surface area (Å²) in [7, 11) is 1.66. The molecule has 0 unspecified atom stereocenters. The normalized spacial score (nSPS) is 16.2. The second-order valence-corrected chi connectivity index (χ2v) is 6.66. The van der Waals surface area contributed by atoms with E-state index >= 15 is 0 Å². The summed E-state index contributed by atoms with van der Waals surface area (Å²) in [5.74, 6) is 0.0682. The van der Waals surface area contributed by atoms with Crippen LogP contribution in [0.3, 0.4) is 0 Å². The smallest absolute Gasteiger partial charge is 0.233 e. The van der Waals surface area contributed by atoms with E-state index in [4.69, 9.17) is 4.74 Å². The summed E-state index contributed by atoms with van der Waals surface area (Å²) in [4.78, 5) is 12.1. The molecular weight excluding hydrogens is 324 g/mol. The van der Waals surface area contributed by atoms with Crippen LogP contribution in [0.4, 0.5) is 0 Å². The molecule has 1 amide bonds. The van der Waals surface area contributed by atoms with E-state index in [1.807, 2.05) is 0 Å². The van der Waals surface area contributed by atoms with Crippen molar-refractivity contribution in [2.45, 2.75) is 44.4 Å². The van der Waals surface area contributed by atoms with Crippen molar-refractivity contribution in [1.82, 2.24) is 10.6 Å². The molecule has 24 heavy (non-hydrogen) atoms. The van der Waals surface area contributed by atoms with Gasteiger partial charge in [-0.25, -0.2) is 0 Å². The van der Waals surface area contributed by atoms with Crippen molar-refractivity contribution < 1.29 is 9.53 Å². The molecule has 136 valence electrons. The lowest BCUT2D eigenvalue weighted by Crippen LogP contribution is -2.45. The summed E-state index contributed by atoms with van der Waals surface area (Å²) in [6, 6.07) is 8.78. The first-order valence-electron chi connectivity index (χ1n) is 8.70. The molecule has 0 heterocycles. The number of rotatable bonds is 8. The van der Waals surface area contributed by atoms with Crippen molar-refractivity contribution in [2.24, 2.45) is 0 Å². The van der Waals surface area contributed by atoms with E-state index in [2.05, 4.69) is 41.8 Å². The predicted octanol–water partition coefficient (Wildman–Crippen LogP) is 2.97. The second-order valence-electron chi connectivity index (χ2n) is 6.66. The van der Waals surface area contributed by atoms with Crippen molar-refractivity contribution in [1.29, 1.82) is 0 Å². The van der Waals surface area contributed by atoms with E-state index in [-0.39, 0.29) is 23.7 Å². The van der Waals surface area contributed by atoms with Gasteiger partial charge in [0, 0.05) is 25.6 Å². The van der Waals surface area contributed by atoms with Gasteiger partial charge in [0.05, 0.1) is 13.2 Å². The van der Waals surface area contributed by atoms with Crippen LogP contribution in [0.15, 0.2) is 24.3 Å². The molecule has 1 aromatic rings. The van der Waals surface area contributed by atoms with Gasteiger partial charge in [0.2, 0.25) is 5.91 Å². The van der Waals surface area contributed by atoms with Crippen LogP contribution in [-0.4, -0.2) is 39.3 Å². The molecule has 0 bridgehead atoms. The summed E-state index contributed by atoms with van der Waals surface area (Å²) in [6.07, 6.45) is 6.12. The fourth-order valence-electron chi connectivity index (χ4n) is 3.48. The number of amides is 1. The Labute approximate surface area is 152 Å². The fourth-order valence-corrected chi connectivity index (χ4v) is 3.48. The van der Waals surface area contributed by atoms with Gasteiger partial charge in [-0.3, -0.25) is 4.79 Å². The number of hydrogen-bond donors (Lipinski definition) is 2. The zero-order valence-electron chi connectivity index (χ0n) is 14.9. The van der Waals surface area contributed by atoms with Gasteiger partial charge >= 0.3 is 0 Å². The number of ether oxygens (including phenoxy) is 1. The predicted molar refractivity (Wildman–Crippen MR) is 101 cm³/mol. The standard InChI is InChI=1S/C19H30N2O2.ClH/c1-16-7-6-8-17(13-16)19(9-4-3-5-10-19)15-21-18(22)14-20-11-12-23-2;/h6-8,13,20H,3-5,9-12,14-15H2,1-2H3,(H,21,22);1H. The minimum Gasteiger partial charge on any atom is -0.383 e. The number of halogens is 1. The van der Waals surface area contributed by atoms with Crippen molar-refractivity contribution in [3.05, 3.63) is 35.4 Å². The summed E-state index contributed by atoms with van der Waals surface area (Å²) in [5.41, 5.74) is 2.77. The molecule has 1 aliphatic rings.